The molecule has 0 aromatic carbocycles. The molecule has 7 rings (SSSR count). The number of nitrogens with one attached hydrogen (secondary N) is 1. The molecule has 378 valence electrons. The molecule has 0 spiro atoms. The number of nitro groups is 1. The number of amides is 1. The molecular formula is C42H54F6N12O9. The number of fused-ring (bicyclic) bond motifs is 1. The third kappa shape index (κ3) is 15.3. The number of aromatic nitrogens is 6. The Hall–Kier alpha value is -6.90. The lowest BCUT2D eigenvalue weighted by molar-refractivity contribution is -0.383. The van der Waals surface area contributed by atoms with E-state index in [0.717, 1.165) is 61.2 Å². The van der Waals surface area contributed by atoms with Crippen LogP contribution in [0.4, 0.5) is 61.0 Å². The number of nitrogens with zero attached hydrogens (tertiary/aromatic N) is 9. The van der Waals surface area contributed by atoms with E-state index in [0.29, 0.717) is 50.3 Å². The highest BCUT2D eigenvalue weighted by molar-refractivity contribution is 6.03. The summed E-state index contributed by atoms with van der Waals surface area (Å²) in [6, 6.07) is 3.97. The van der Waals surface area contributed by atoms with E-state index >= 15 is 0 Å². The van der Waals surface area contributed by atoms with Gasteiger partial charge in [0.05, 0.1) is 31.3 Å². The highest BCUT2D eigenvalue weighted by Gasteiger charge is 2.35. The fraction of sp³-hybridized carbons (Fsp3) is 0.524. The van der Waals surface area contributed by atoms with Gasteiger partial charge >= 0.3 is 36.0 Å². The minimum atomic E-state index is -4.64. The molecule has 2 fully saturated rings. The van der Waals surface area contributed by atoms with Gasteiger partial charge in [-0.1, -0.05) is 27.0 Å². The Kier molecular flexibility index (Phi) is 19.3. The van der Waals surface area contributed by atoms with Crippen LogP contribution in [-0.4, -0.2) is 106 Å². The van der Waals surface area contributed by atoms with Crippen molar-refractivity contribution in [2.75, 3.05) is 85.9 Å². The summed E-state index contributed by atoms with van der Waals surface area (Å²) in [5, 5.41) is 14.4. The molecule has 5 N–H and O–H groups in total. The first kappa shape index (κ1) is 54.7. The second-order valence-electron chi connectivity index (χ2n) is 15.3. The third-order valence-corrected chi connectivity index (χ3v) is 10.3. The maximum Gasteiger partial charge on any atom is 0.433 e. The number of ether oxygens (including phenoxy) is 5. The normalized spacial score (nSPS) is 15.2. The van der Waals surface area contributed by atoms with Crippen molar-refractivity contribution in [2.24, 2.45) is 11.8 Å². The molecule has 4 aromatic rings. The molecule has 0 aliphatic carbocycles. The van der Waals surface area contributed by atoms with Gasteiger partial charge in [0.1, 0.15) is 23.6 Å². The van der Waals surface area contributed by atoms with Gasteiger partial charge in [-0.25, -0.2) is 0 Å². The van der Waals surface area contributed by atoms with Crippen LogP contribution in [0.15, 0.2) is 36.7 Å². The van der Waals surface area contributed by atoms with E-state index in [2.05, 4.69) is 35.2 Å². The van der Waals surface area contributed by atoms with Crippen molar-refractivity contribution < 1.29 is 64.5 Å². The predicted molar refractivity (Wildman–Crippen MR) is 237 cm³/mol. The Morgan fingerprint density at radius 1 is 0.841 bits per heavy atom. The van der Waals surface area contributed by atoms with E-state index in [4.69, 9.17) is 35.2 Å². The van der Waals surface area contributed by atoms with Gasteiger partial charge in [-0.2, -0.15) is 46.3 Å². The number of hydrogen-bond acceptors (Lipinski definition) is 19. The number of nitrogens with two attached hydrogens (primary N) is 2. The lowest BCUT2D eigenvalue weighted by Gasteiger charge is -2.30. The second kappa shape index (κ2) is 24.4. The van der Waals surface area contributed by atoms with Crippen LogP contribution in [0, 0.1) is 22.0 Å². The number of pyridine rings is 2. The summed E-state index contributed by atoms with van der Waals surface area (Å²) in [7, 11) is 0. The maximum atomic E-state index is 12.9. The smallest absolute Gasteiger partial charge is 0.433 e. The quantitative estimate of drug-likeness (QED) is 0.0513. The summed E-state index contributed by atoms with van der Waals surface area (Å²) in [5.41, 5.74) is 10.0. The van der Waals surface area contributed by atoms with Gasteiger partial charge in [0.15, 0.2) is 11.6 Å². The van der Waals surface area contributed by atoms with E-state index in [-0.39, 0.29) is 94.4 Å². The molecule has 7 heterocycles. The van der Waals surface area contributed by atoms with Crippen LogP contribution in [0.1, 0.15) is 70.0 Å². The lowest BCUT2D eigenvalue weighted by atomic mass is 10.0. The summed E-state index contributed by atoms with van der Waals surface area (Å²) in [5.74, 6) is -1.04. The topological polar surface area (TPSA) is 271 Å². The zero-order valence-electron chi connectivity index (χ0n) is 35.8. The molecule has 0 saturated carbocycles. The van der Waals surface area contributed by atoms with Crippen LogP contribution in [0.3, 0.4) is 0 Å². The molecule has 0 bridgehead atoms. The van der Waals surface area contributed by atoms with Crippen molar-refractivity contribution in [3.05, 3.63) is 69.3 Å². The maximum absolute atomic E-state index is 12.9. The molecule has 0 unspecified atom stereocenters. The van der Waals surface area contributed by atoms with Crippen molar-refractivity contribution >= 4 is 46.5 Å². The second-order valence-corrected chi connectivity index (χ2v) is 15.3. The monoisotopic (exact) mass is 984 g/mol. The largest absolute Gasteiger partial charge is 0.465 e. The zero-order chi connectivity index (χ0) is 48.3. The molecule has 2 saturated heterocycles. The first-order valence-electron chi connectivity index (χ1n) is 20.8. The van der Waals surface area contributed by atoms with E-state index in [1.165, 1.54) is 6.07 Å². The average Bonchev–Trinajstić information content (AvgIpc) is 3.28. The molecule has 21 nitrogen and oxygen atoms in total. The SMILES string of the molecule is C.C.CCOC(=O)CN(Cc1ccc(C(F)(F)F)nc1)c1nc(OCC2CCOCC2)nc(N)c1[N+](=O)[O-].Nc1nc(OCC2CCOCC2)nc2c1NC(=O)CN2Cc1ccc(C(F)(F)F)nc1. The van der Waals surface area contributed by atoms with Crippen molar-refractivity contribution in [3.8, 4) is 12.0 Å². The van der Waals surface area contributed by atoms with Crippen LogP contribution in [0.2, 0.25) is 0 Å². The Bertz CT molecular complexity index is 2340. The number of anilines is 5. The number of alkyl halides is 6. The number of carbonyl (C=O) groups excluding carboxylic acids is 2. The van der Waals surface area contributed by atoms with Gasteiger partial charge < -0.3 is 50.3 Å². The Balaban J connectivity index is 0.000000295. The van der Waals surface area contributed by atoms with Crippen LogP contribution in [0.5, 0.6) is 12.0 Å². The van der Waals surface area contributed by atoms with E-state index in [1.54, 1.807) is 11.8 Å². The highest BCUT2D eigenvalue weighted by Crippen LogP contribution is 2.36. The number of carbonyl (C=O) groups is 2. The molecule has 4 aromatic heterocycles. The van der Waals surface area contributed by atoms with Crippen molar-refractivity contribution in [2.45, 2.75) is 72.9 Å². The van der Waals surface area contributed by atoms with Crippen LogP contribution in [0.25, 0.3) is 0 Å². The Labute approximate surface area is 392 Å². The first-order valence-corrected chi connectivity index (χ1v) is 20.8. The van der Waals surface area contributed by atoms with Crippen molar-refractivity contribution in [1.82, 2.24) is 29.9 Å². The van der Waals surface area contributed by atoms with Crippen molar-refractivity contribution in [1.29, 1.82) is 0 Å². The van der Waals surface area contributed by atoms with Gasteiger partial charge in [0, 0.05) is 51.9 Å². The predicted octanol–water partition coefficient (Wildman–Crippen LogP) is 6.26. The van der Waals surface area contributed by atoms with Gasteiger partial charge in [-0.3, -0.25) is 29.7 Å². The van der Waals surface area contributed by atoms with Crippen LogP contribution >= 0.6 is 0 Å². The molecule has 69 heavy (non-hydrogen) atoms. The number of nitrogen functional groups attached to an aromatic ring is 2. The summed E-state index contributed by atoms with van der Waals surface area (Å²) < 4.78 is 104. The number of rotatable bonds is 15. The molecule has 1 amide bonds. The Morgan fingerprint density at radius 2 is 1.36 bits per heavy atom. The number of hydrogen-bond donors (Lipinski definition) is 3. The minimum Gasteiger partial charge on any atom is -0.465 e. The van der Waals surface area contributed by atoms with E-state index < -0.39 is 52.7 Å². The van der Waals surface area contributed by atoms with Crippen molar-refractivity contribution in [3.63, 3.8) is 0 Å². The number of halogens is 6. The van der Waals surface area contributed by atoms with Crippen LogP contribution < -0.4 is 36.1 Å². The van der Waals surface area contributed by atoms with E-state index in [9.17, 15) is 46.0 Å². The average molecular weight is 985 g/mol. The van der Waals surface area contributed by atoms with Gasteiger partial charge in [-0.05, 0) is 67.7 Å². The molecule has 3 aliphatic rings. The summed E-state index contributed by atoms with van der Waals surface area (Å²) in [4.78, 5) is 61.5. The molecule has 3 aliphatic heterocycles. The zero-order valence-corrected chi connectivity index (χ0v) is 35.8. The summed E-state index contributed by atoms with van der Waals surface area (Å²) in [6.07, 6.45) is -3.81. The lowest BCUT2D eigenvalue weighted by Crippen LogP contribution is -2.39. The van der Waals surface area contributed by atoms with Gasteiger partial charge in [-0.15, -0.1) is 0 Å². The fourth-order valence-corrected chi connectivity index (χ4v) is 6.91. The standard InChI is InChI=1S/C21H25F3N6O6.C19H21F3N6O3.2CH4/c1-2-35-16(31)11-29(10-14-3-4-15(26-9-14)21(22,23)24)19-17(30(32)33)18(25)27-20(28-19)36-12-13-5-7-34-8-6-13;20-19(21,22)13-2-1-12(7-24-13)8-28-9-14(29)25-15-16(23)26-18(27-17(15)28)31-10-11-3-5-30-6-4-11;;/h3-4,9,13H,2,5-8,10-12H2,1H3,(H2,25,27,28);1-2,7,11H,3-6,8-10H2,(H,25,29)(H2,23,26,27);2*1H4. The minimum absolute atomic E-state index is 0. The van der Waals surface area contributed by atoms with Gasteiger partial charge in [0.2, 0.25) is 17.5 Å². The summed E-state index contributed by atoms with van der Waals surface area (Å²) >= 11 is 0. The highest BCUT2D eigenvalue weighted by atomic mass is 19.4. The fourth-order valence-electron chi connectivity index (χ4n) is 6.91. The Morgan fingerprint density at radius 3 is 1.86 bits per heavy atom. The molecule has 0 atom stereocenters. The van der Waals surface area contributed by atoms with Crippen LogP contribution in [-0.2, 0) is 49.2 Å². The molecule has 27 heteroatoms. The first-order chi connectivity index (χ1) is 31.9. The van der Waals surface area contributed by atoms with Gasteiger partial charge in [0.25, 0.3) is 0 Å². The molecular weight excluding hydrogens is 931 g/mol. The summed E-state index contributed by atoms with van der Waals surface area (Å²) in [6.45, 7) is 4.07. The third-order valence-electron chi connectivity index (χ3n) is 10.3. The molecule has 0 radical (unpaired) electrons. The number of esters is 1. The van der Waals surface area contributed by atoms with E-state index in [1.807, 2.05) is 0 Å².